The standard InChI is InChI=1S/C11H16N4O/c1-3-15-9-8(7(2)14-15)13-10(16)11(4-5-11)6-12-9/h12H,3-6H2,1-2H3,(H,13,16). The molecule has 1 aromatic rings. The highest BCUT2D eigenvalue weighted by atomic mass is 16.2. The first-order valence-electron chi connectivity index (χ1n) is 5.79. The normalized spacial score (nSPS) is 21.0. The predicted octanol–water partition coefficient (Wildman–Crippen LogP) is 1.36. The second-order valence-electron chi connectivity index (χ2n) is 4.71. The summed E-state index contributed by atoms with van der Waals surface area (Å²) in [6.45, 7) is 5.52. The van der Waals surface area contributed by atoms with Crippen molar-refractivity contribution in [3.05, 3.63) is 5.69 Å². The fourth-order valence-corrected chi connectivity index (χ4v) is 2.27. The molecule has 16 heavy (non-hydrogen) atoms. The summed E-state index contributed by atoms with van der Waals surface area (Å²) in [7, 11) is 0. The van der Waals surface area contributed by atoms with Gasteiger partial charge >= 0.3 is 0 Å². The SMILES string of the molecule is CCn1nc(C)c2c1NCC1(CC1)C(=O)N2. The molecule has 1 fully saturated rings. The van der Waals surface area contributed by atoms with Gasteiger partial charge in [-0.2, -0.15) is 5.10 Å². The van der Waals surface area contributed by atoms with Crippen molar-refractivity contribution < 1.29 is 4.79 Å². The van der Waals surface area contributed by atoms with E-state index in [2.05, 4.69) is 15.7 Å². The van der Waals surface area contributed by atoms with Crippen LogP contribution in [-0.4, -0.2) is 22.2 Å². The Hall–Kier alpha value is -1.52. The number of aryl methyl sites for hydroxylation is 2. The number of nitrogens with zero attached hydrogens (tertiary/aromatic N) is 2. The molecule has 2 heterocycles. The van der Waals surface area contributed by atoms with Crippen molar-refractivity contribution in [3.8, 4) is 0 Å². The Morgan fingerprint density at radius 2 is 2.25 bits per heavy atom. The first kappa shape index (κ1) is 9.69. The molecule has 0 bridgehead atoms. The number of carbonyl (C=O) groups is 1. The average Bonchev–Trinajstić information content (AvgIpc) is 3.02. The first-order chi connectivity index (χ1) is 7.66. The predicted molar refractivity (Wildman–Crippen MR) is 61.4 cm³/mol. The average molecular weight is 220 g/mol. The van der Waals surface area contributed by atoms with Crippen LogP contribution in [0.5, 0.6) is 0 Å². The highest BCUT2D eigenvalue weighted by Gasteiger charge is 2.51. The van der Waals surface area contributed by atoms with E-state index in [1.165, 1.54) is 0 Å². The van der Waals surface area contributed by atoms with Crippen LogP contribution < -0.4 is 10.6 Å². The number of anilines is 2. The van der Waals surface area contributed by atoms with E-state index in [-0.39, 0.29) is 11.3 Å². The maximum absolute atomic E-state index is 12.0. The molecule has 2 N–H and O–H groups in total. The molecule has 0 unspecified atom stereocenters. The van der Waals surface area contributed by atoms with E-state index in [9.17, 15) is 4.79 Å². The monoisotopic (exact) mass is 220 g/mol. The molecule has 5 heteroatoms. The van der Waals surface area contributed by atoms with Crippen LogP contribution in [0.4, 0.5) is 11.5 Å². The summed E-state index contributed by atoms with van der Waals surface area (Å²) in [5.74, 6) is 1.11. The smallest absolute Gasteiger partial charge is 0.232 e. The molecular weight excluding hydrogens is 204 g/mol. The van der Waals surface area contributed by atoms with Gasteiger partial charge in [-0.25, -0.2) is 4.68 Å². The zero-order chi connectivity index (χ0) is 11.3. The summed E-state index contributed by atoms with van der Waals surface area (Å²) in [5.41, 5.74) is 1.59. The first-order valence-corrected chi connectivity index (χ1v) is 5.79. The van der Waals surface area contributed by atoms with Gasteiger partial charge in [-0.3, -0.25) is 4.79 Å². The van der Waals surface area contributed by atoms with E-state index < -0.39 is 0 Å². The number of amides is 1. The molecule has 3 rings (SSSR count). The van der Waals surface area contributed by atoms with Gasteiger partial charge in [0.05, 0.1) is 11.1 Å². The number of hydrogen-bond donors (Lipinski definition) is 2. The maximum Gasteiger partial charge on any atom is 0.232 e. The molecule has 1 spiro atoms. The van der Waals surface area contributed by atoms with Gasteiger partial charge in [0.25, 0.3) is 0 Å². The summed E-state index contributed by atoms with van der Waals surface area (Å²) in [6.07, 6.45) is 1.99. The van der Waals surface area contributed by atoms with Crippen molar-refractivity contribution in [2.45, 2.75) is 33.2 Å². The zero-order valence-electron chi connectivity index (χ0n) is 9.63. The topological polar surface area (TPSA) is 59.0 Å². The third-order valence-corrected chi connectivity index (χ3v) is 3.59. The molecule has 0 atom stereocenters. The van der Waals surface area contributed by atoms with Crippen molar-refractivity contribution in [2.24, 2.45) is 5.41 Å². The van der Waals surface area contributed by atoms with Crippen molar-refractivity contribution >= 4 is 17.4 Å². The number of fused-ring (bicyclic) bond motifs is 1. The van der Waals surface area contributed by atoms with E-state index in [0.717, 1.165) is 43.1 Å². The molecule has 1 amide bonds. The minimum absolute atomic E-state index is 0.149. The van der Waals surface area contributed by atoms with E-state index >= 15 is 0 Å². The van der Waals surface area contributed by atoms with Gasteiger partial charge in [0.1, 0.15) is 11.5 Å². The van der Waals surface area contributed by atoms with Crippen LogP contribution in [0.2, 0.25) is 0 Å². The molecule has 0 saturated heterocycles. The number of nitrogens with one attached hydrogen (secondary N) is 2. The van der Waals surface area contributed by atoms with E-state index in [4.69, 9.17) is 0 Å². The molecule has 1 aliphatic heterocycles. The van der Waals surface area contributed by atoms with Crippen molar-refractivity contribution in [1.82, 2.24) is 9.78 Å². The number of aromatic nitrogens is 2. The lowest BCUT2D eigenvalue weighted by Gasteiger charge is -2.10. The highest BCUT2D eigenvalue weighted by molar-refractivity contribution is 6.01. The fourth-order valence-electron chi connectivity index (χ4n) is 2.27. The van der Waals surface area contributed by atoms with Gasteiger partial charge in [-0.05, 0) is 26.7 Å². The zero-order valence-corrected chi connectivity index (χ0v) is 9.63. The summed E-state index contributed by atoms with van der Waals surface area (Å²) in [6, 6.07) is 0. The Balaban J connectivity index is 2.03. The van der Waals surface area contributed by atoms with E-state index in [0.29, 0.717) is 0 Å². The second kappa shape index (κ2) is 2.99. The Morgan fingerprint density at radius 3 is 2.88 bits per heavy atom. The van der Waals surface area contributed by atoms with Crippen LogP contribution in [0.3, 0.4) is 0 Å². The molecule has 1 aromatic heterocycles. The molecule has 2 aliphatic rings. The van der Waals surface area contributed by atoms with E-state index in [1.54, 1.807) is 0 Å². The lowest BCUT2D eigenvalue weighted by Crippen LogP contribution is -2.27. The van der Waals surface area contributed by atoms with Crippen LogP contribution in [0.15, 0.2) is 0 Å². The van der Waals surface area contributed by atoms with Crippen molar-refractivity contribution in [2.75, 3.05) is 17.2 Å². The largest absolute Gasteiger partial charge is 0.367 e. The summed E-state index contributed by atoms with van der Waals surface area (Å²) in [5, 5.41) is 10.8. The van der Waals surface area contributed by atoms with Crippen LogP contribution in [0.25, 0.3) is 0 Å². The Kier molecular flexibility index (Phi) is 1.81. The lowest BCUT2D eigenvalue weighted by molar-refractivity contribution is -0.120. The quantitative estimate of drug-likeness (QED) is 0.751. The van der Waals surface area contributed by atoms with Gasteiger partial charge in [-0.1, -0.05) is 0 Å². The molecule has 5 nitrogen and oxygen atoms in total. The number of rotatable bonds is 1. The molecular formula is C11H16N4O. The fraction of sp³-hybridized carbons (Fsp3) is 0.636. The third-order valence-electron chi connectivity index (χ3n) is 3.59. The molecule has 1 aliphatic carbocycles. The lowest BCUT2D eigenvalue weighted by atomic mass is 10.1. The number of hydrogen-bond acceptors (Lipinski definition) is 3. The minimum atomic E-state index is -0.149. The van der Waals surface area contributed by atoms with Gasteiger partial charge in [0.2, 0.25) is 5.91 Å². The van der Waals surface area contributed by atoms with Gasteiger partial charge in [0.15, 0.2) is 0 Å². The molecule has 0 aromatic carbocycles. The van der Waals surface area contributed by atoms with E-state index in [1.807, 2.05) is 18.5 Å². The molecule has 86 valence electrons. The third kappa shape index (κ3) is 1.17. The summed E-state index contributed by atoms with van der Waals surface area (Å²) < 4.78 is 1.91. The Morgan fingerprint density at radius 1 is 1.50 bits per heavy atom. The minimum Gasteiger partial charge on any atom is -0.367 e. The maximum atomic E-state index is 12.0. The van der Waals surface area contributed by atoms with Gasteiger partial charge in [0, 0.05) is 13.1 Å². The summed E-state index contributed by atoms with van der Waals surface area (Å²) in [4.78, 5) is 12.0. The van der Waals surface area contributed by atoms with Gasteiger partial charge in [-0.15, -0.1) is 0 Å². The number of carbonyl (C=O) groups excluding carboxylic acids is 1. The van der Waals surface area contributed by atoms with Crippen molar-refractivity contribution in [1.29, 1.82) is 0 Å². The Bertz CT molecular complexity index is 459. The van der Waals surface area contributed by atoms with Crippen molar-refractivity contribution in [3.63, 3.8) is 0 Å². The van der Waals surface area contributed by atoms with Crippen LogP contribution >= 0.6 is 0 Å². The second-order valence-corrected chi connectivity index (χ2v) is 4.71. The van der Waals surface area contributed by atoms with Crippen LogP contribution in [0.1, 0.15) is 25.5 Å². The molecule has 0 radical (unpaired) electrons. The van der Waals surface area contributed by atoms with Crippen LogP contribution in [-0.2, 0) is 11.3 Å². The van der Waals surface area contributed by atoms with Gasteiger partial charge < -0.3 is 10.6 Å². The highest BCUT2D eigenvalue weighted by Crippen LogP contribution is 2.48. The summed E-state index contributed by atoms with van der Waals surface area (Å²) >= 11 is 0. The molecule has 1 saturated carbocycles. The Labute approximate surface area is 94.2 Å². The van der Waals surface area contributed by atoms with Crippen LogP contribution in [0, 0.1) is 12.3 Å².